The summed E-state index contributed by atoms with van der Waals surface area (Å²) >= 11 is 11.8. The normalized spacial score (nSPS) is 29.4. The van der Waals surface area contributed by atoms with Gasteiger partial charge in [-0.1, -0.05) is 29.6 Å². The third-order valence-electron chi connectivity index (χ3n) is 4.98. The molecule has 0 spiro atoms. The molecule has 108 valence electrons. The number of fused-ring (bicyclic) bond motifs is 2. The van der Waals surface area contributed by atoms with Crippen molar-refractivity contribution >= 4 is 29.1 Å². The third kappa shape index (κ3) is 2.68. The summed E-state index contributed by atoms with van der Waals surface area (Å²) < 4.78 is 0. The number of hydrogen-bond acceptors (Lipinski definition) is 1. The summed E-state index contributed by atoms with van der Waals surface area (Å²) in [5.74, 6) is 2.29. The van der Waals surface area contributed by atoms with Gasteiger partial charge in [0.2, 0.25) is 0 Å². The van der Waals surface area contributed by atoms with Crippen molar-refractivity contribution in [2.24, 2.45) is 17.8 Å². The number of rotatable bonds is 3. The molecule has 0 aromatic heterocycles. The first kappa shape index (κ1) is 14.2. The molecule has 0 unspecified atom stereocenters. The molecule has 0 heterocycles. The zero-order chi connectivity index (χ0) is 14.3. The Bertz CT molecular complexity index is 531. The SMILES string of the molecule is C[C@H](NC(=O)c1ccc(Cl)c(Cl)c1)[C@@H]1C[C@H]2CC[C@@H]1C2. The summed E-state index contributed by atoms with van der Waals surface area (Å²) in [5.41, 5.74) is 0.578. The van der Waals surface area contributed by atoms with E-state index in [4.69, 9.17) is 23.2 Å². The van der Waals surface area contributed by atoms with Crippen LogP contribution in [0.3, 0.4) is 0 Å². The van der Waals surface area contributed by atoms with E-state index in [-0.39, 0.29) is 11.9 Å². The van der Waals surface area contributed by atoms with Crippen molar-refractivity contribution in [3.8, 4) is 0 Å². The maximum absolute atomic E-state index is 12.3. The van der Waals surface area contributed by atoms with Crippen molar-refractivity contribution in [2.45, 2.75) is 38.6 Å². The lowest BCUT2D eigenvalue weighted by Gasteiger charge is -2.28. The predicted octanol–water partition coefficient (Wildman–Crippen LogP) is 4.55. The molecular formula is C16H19Cl2NO. The second-order valence-electron chi connectivity index (χ2n) is 6.23. The number of nitrogens with one attached hydrogen (secondary N) is 1. The average molecular weight is 312 g/mol. The molecule has 1 aromatic rings. The summed E-state index contributed by atoms with van der Waals surface area (Å²) in [6.07, 6.45) is 5.35. The Hall–Kier alpha value is -0.730. The Morgan fingerprint density at radius 2 is 2.05 bits per heavy atom. The van der Waals surface area contributed by atoms with Crippen LogP contribution in [-0.2, 0) is 0 Å². The van der Waals surface area contributed by atoms with Crippen molar-refractivity contribution in [1.82, 2.24) is 5.32 Å². The molecule has 4 heteroatoms. The van der Waals surface area contributed by atoms with Gasteiger partial charge in [0.1, 0.15) is 0 Å². The van der Waals surface area contributed by atoms with Crippen LogP contribution in [0.5, 0.6) is 0 Å². The highest BCUT2D eigenvalue weighted by Crippen LogP contribution is 2.49. The van der Waals surface area contributed by atoms with Crippen molar-refractivity contribution < 1.29 is 4.79 Å². The van der Waals surface area contributed by atoms with Gasteiger partial charge in [-0.15, -0.1) is 0 Å². The lowest BCUT2D eigenvalue weighted by atomic mass is 9.84. The van der Waals surface area contributed by atoms with Gasteiger partial charge in [-0.3, -0.25) is 4.79 Å². The Labute approximate surface area is 129 Å². The third-order valence-corrected chi connectivity index (χ3v) is 5.71. The number of hydrogen-bond donors (Lipinski definition) is 1. The number of halogens is 2. The standard InChI is InChI=1S/C16H19Cl2NO/c1-9(13-7-10-2-3-11(13)6-10)19-16(20)12-4-5-14(17)15(18)8-12/h4-5,8-11,13H,2-3,6-7H2,1H3,(H,19,20)/t9-,10-,11+,13-/m0/s1. The zero-order valence-electron chi connectivity index (χ0n) is 11.5. The molecule has 2 aliphatic rings. The molecule has 1 amide bonds. The summed E-state index contributed by atoms with van der Waals surface area (Å²) in [6.45, 7) is 2.13. The lowest BCUT2D eigenvalue weighted by Crippen LogP contribution is -2.40. The highest BCUT2D eigenvalue weighted by Gasteiger charge is 2.42. The topological polar surface area (TPSA) is 29.1 Å². The van der Waals surface area contributed by atoms with Crippen molar-refractivity contribution in [1.29, 1.82) is 0 Å². The maximum atomic E-state index is 12.3. The molecule has 2 saturated carbocycles. The molecule has 2 nitrogen and oxygen atoms in total. The maximum Gasteiger partial charge on any atom is 0.251 e. The smallest absolute Gasteiger partial charge is 0.251 e. The van der Waals surface area contributed by atoms with Gasteiger partial charge in [0.25, 0.3) is 5.91 Å². The Kier molecular flexibility index (Phi) is 3.96. The van der Waals surface area contributed by atoms with E-state index in [1.54, 1.807) is 18.2 Å². The minimum atomic E-state index is -0.0566. The van der Waals surface area contributed by atoms with E-state index in [1.807, 2.05) is 0 Å². The molecular weight excluding hydrogens is 293 g/mol. The van der Waals surface area contributed by atoms with Crippen LogP contribution in [0, 0.1) is 17.8 Å². The first-order chi connectivity index (χ1) is 9.54. The minimum absolute atomic E-state index is 0.0566. The molecule has 0 radical (unpaired) electrons. The molecule has 0 aliphatic heterocycles. The van der Waals surface area contributed by atoms with Gasteiger partial charge >= 0.3 is 0 Å². The molecule has 4 atom stereocenters. The molecule has 2 bridgehead atoms. The minimum Gasteiger partial charge on any atom is -0.349 e. The van der Waals surface area contributed by atoms with Crippen LogP contribution in [0.4, 0.5) is 0 Å². The van der Waals surface area contributed by atoms with E-state index in [1.165, 1.54) is 25.7 Å². The van der Waals surface area contributed by atoms with Crippen LogP contribution >= 0.6 is 23.2 Å². The largest absolute Gasteiger partial charge is 0.349 e. The van der Waals surface area contributed by atoms with E-state index >= 15 is 0 Å². The van der Waals surface area contributed by atoms with E-state index in [0.717, 1.165) is 11.8 Å². The second-order valence-corrected chi connectivity index (χ2v) is 7.04. The van der Waals surface area contributed by atoms with Crippen LogP contribution in [0.2, 0.25) is 10.0 Å². The molecule has 1 aromatic carbocycles. The highest BCUT2D eigenvalue weighted by atomic mass is 35.5. The van der Waals surface area contributed by atoms with Gasteiger partial charge in [-0.2, -0.15) is 0 Å². The Morgan fingerprint density at radius 1 is 1.25 bits per heavy atom. The molecule has 20 heavy (non-hydrogen) atoms. The molecule has 3 rings (SSSR count). The van der Waals surface area contributed by atoms with Crippen molar-refractivity contribution in [3.63, 3.8) is 0 Å². The highest BCUT2D eigenvalue weighted by molar-refractivity contribution is 6.42. The summed E-state index contributed by atoms with van der Waals surface area (Å²) in [7, 11) is 0. The van der Waals surface area contributed by atoms with E-state index in [0.29, 0.717) is 21.5 Å². The van der Waals surface area contributed by atoms with Crippen LogP contribution in [0.25, 0.3) is 0 Å². The van der Waals surface area contributed by atoms with Crippen LogP contribution in [0.1, 0.15) is 43.0 Å². The summed E-state index contributed by atoms with van der Waals surface area (Å²) in [6, 6.07) is 5.25. The first-order valence-electron chi connectivity index (χ1n) is 7.30. The van der Waals surface area contributed by atoms with E-state index in [9.17, 15) is 4.79 Å². The van der Waals surface area contributed by atoms with Crippen LogP contribution in [0.15, 0.2) is 18.2 Å². The van der Waals surface area contributed by atoms with Crippen LogP contribution < -0.4 is 5.32 Å². The quantitative estimate of drug-likeness (QED) is 0.872. The Morgan fingerprint density at radius 3 is 2.65 bits per heavy atom. The fourth-order valence-corrected chi connectivity index (χ4v) is 4.24. The molecule has 2 aliphatic carbocycles. The number of amides is 1. The predicted molar refractivity (Wildman–Crippen MR) is 82.3 cm³/mol. The van der Waals surface area contributed by atoms with Gasteiger partial charge in [0.15, 0.2) is 0 Å². The molecule has 2 fully saturated rings. The summed E-state index contributed by atoms with van der Waals surface area (Å²) in [5, 5.41) is 4.03. The van der Waals surface area contributed by atoms with Crippen LogP contribution in [-0.4, -0.2) is 11.9 Å². The summed E-state index contributed by atoms with van der Waals surface area (Å²) in [4.78, 5) is 12.3. The number of carbonyl (C=O) groups is 1. The Balaban J connectivity index is 1.65. The number of benzene rings is 1. The van der Waals surface area contributed by atoms with Gasteiger partial charge in [-0.25, -0.2) is 0 Å². The average Bonchev–Trinajstić information content (AvgIpc) is 3.04. The van der Waals surface area contributed by atoms with Gasteiger partial charge in [0, 0.05) is 11.6 Å². The van der Waals surface area contributed by atoms with Crippen molar-refractivity contribution in [3.05, 3.63) is 33.8 Å². The van der Waals surface area contributed by atoms with Crippen molar-refractivity contribution in [2.75, 3.05) is 0 Å². The fraction of sp³-hybridized carbons (Fsp3) is 0.562. The zero-order valence-corrected chi connectivity index (χ0v) is 13.0. The van der Waals surface area contributed by atoms with Gasteiger partial charge < -0.3 is 5.32 Å². The molecule has 1 N–H and O–H groups in total. The monoisotopic (exact) mass is 311 g/mol. The number of carbonyl (C=O) groups excluding carboxylic acids is 1. The first-order valence-corrected chi connectivity index (χ1v) is 8.06. The molecule has 0 saturated heterocycles. The van der Waals surface area contributed by atoms with Gasteiger partial charge in [0.05, 0.1) is 10.0 Å². The van der Waals surface area contributed by atoms with Gasteiger partial charge in [-0.05, 0) is 62.1 Å². The second kappa shape index (κ2) is 5.57. The fourth-order valence-electron chi connectivity index (χ4n) is 3.94. The van der Waals surface area contributed by atoms with E-state index in [2.05, 4.69) is 12.2 Å². The lowest BCUT2D eigenvalue weighted by molar-refractivity contribution is 0.0915. The van der Waals surface area contributed by atoms with E-state index < -0.39 is 0 Å².